The topological polar surface area (TPSA) is 36.1 Å². The van der Waals surface area contributed by atoms with Gasteiger partial charge in [-0.2, -0.15) is 0 Å². The van der Waals surface area contributed by atoms with Crippen molar-refractivity contribution in [3.8, 4) is 0 Å². The number of hydrogen-bond acceptors (Lipinski definition) is 3. The molecule has 0 fully saturated rings. The van der Waals surface area contributed by atoms with Crippen LogP contribution in [-0.4, -0.2) is 12.6 Å². The van der Waals surface area contributed by atoms with E-state index in [-0.39, 0.29) is 6.04 Å². The Morgan fingerprint density at radius 2 is 2.09 bits per heavy atom. The van der Waals surface area contributed by atoms with Crippen LogP contribution < -0.4 is 14.4 Å². The van der Waals surface area contributed by atoms with Crippen LogP contribution in [-0.2, 0) is 0 Å². The van der Waals surface area contributed by atoms with Gasteiger partial charge in [-0.3, -0.25) is 3.53 Å². The Bertz CT molecular complexity index is 1030. The second kappa shape index (κ2) is 14.4. The van der Waals surface area contributed by atoms with Crippen LogP contribution in [0.15, 0.2) is 113 Å². The molecule has 35 heavy (non-hydrogen) atoms. The highest BCUT2D eigenvalue weighted by molar-refractivity contribution is 14.1. The molecule has 0 spiro atoms. The summed E-state index contributed by atoms with van der Waals surface area (Å²) in [5.74, 6) is 1.63. The maximum atomic E-state index is 4.35. The Labute approximate surface area is 226 Å². The molecule has 3 N–H and O–H groups in total. The Balaban J connectivity index is 1.54. The predicted molar refractivity (Wildman–Crippen MR) is 160 cm³/mol. The first kappa shape index (κ1) is 27.5. The summed E-state index contributed by atoms with van der Waals surface area (Å²) in [5, 5.41) is 0. The first-order valence-corrected chi connectivity index (χ1v) is 13.8. The van der Waals surface area contributed by atoms with Gasteiger partial charge in [-0.05, 0) is 97.8 Å². The maximum Gasteiger partial charge on any atom is 0.0690 e. The van der Waals surface area contributed by atoms with E-state index in [1.807, 2.05) is 6.08 Å². The minimum absolute atomic E-state index is 0.0770. The third-order valence-electron chi connectivity index (χ3n) is 6.86. The molecule has 0 radical (unpaired) electrons. The van der Waals surface area contributed by atoms with Crippen molar-refractivity contribution >= 4 is 22.9 Å². The lowest BCUT2D eigenvalue weighted by Gasteiger charge is -2.27. The highest BCUT2D eigenvalue weighted by Crippen LogP contribution is 2.34. The zero-order valence-electron chi connectivity index (χ0n) is 21.4. The molecule has 0 saturated heterocycles. The quantitative estimate of drug-likeness (QED) is 0.0778. The highest BCUT2D eigenvalue weighted by atomic mass is 127. The zero-order valence-corrected chi connectivity index (χ0v) is 23.5. The van der Waals surface area contributed by atoms with Gasteiger partial charge < -0.3 is 5.43 Å². The summed E-state index contributed by atoms with van der Waals surface area (Å²) in [6.45, 7) is 11.8. The van der Waals surface area contributed by atoms with Crippen LogP contribution in [0.4, 0.5) is 0 Å². The summed E-state index contributed by atoms with van der Waals surface area (Å²) < 4.78 is 3.12. The van der Waals surface area contributed by atoms with Crippen LogP contribution in [0.1, 0.15) is 46.5 Å². The summed E-state index contributed by atoms with van der Waals surface area (Å²) in [7, 11) is 0. The molecule has 3 aliphatic rings. The molecule has 4 atom stereocenters. The fraction of sp³-hybridized carbons (Fsp3) is 0.387. The van der Waals surface area contributed by atoms with E-state index >= 15 is 0 Å². The summed E-state index contributed by atoms with van der Waals surface area (Å²) in [4.78, 5) is 0. The largest absolute Gasteiger partial charge is 0.325 e. The lowest BCUT2D eigenvalue weighted by Crippen LogP contribution is -2.40. The van der Waals surface area contributed by atoms with E-state index < -0.39 is 0 Å². The maximum absolute atomic E-state index is 4.35. The van der Waals surface area contributed by atoms with Crippen LogP contribution in [0.25, 0.3) is 0 Å². The van der Waals surface area contributed by atoms with E-state index in [1.54, 1.807) is 0 Å². The van der Waals surface area contributed by atoms with E-state index in [0.29, 0.717) is 17.8 Å². The van der Waals surface area contributed by atoms with E-state index in [2.05, 4.69) is 137 Å². The molecule has 0 heterocycles. The van der Waals surface area contributed by atoms with Crippen molar-refractivity contribution in [1.82, 2.24) is 14.4 Å². The van der Waals surface area contributed by atoms with Gasteiger partial charge in [0.25, 0.3) is 0 Å². The van der Waals surface area contributed by atoms with Gasteiger partial charge in [0, 0.05) is 35.1 Å². The van der Waals surface area contributed by atoms with E-state index in [1.165, 1.54) is 16.7 Å². The first-order chi connectivity index (χ1) is 17.0. The van der Waals surface area contributed by atoms with Crippen LogP contribution in [0.2, 0.25) is 0 Å². The minimum atomic E-state index is 0.0770. The van der Waals surface area contributed by atoms with Crippen molar-refractivity contribution in [2.24, 2.45) is 17.8 Å². The lowest BCUT2D eigenvalue weighted by molar-refractivity contribution is 0.480. The molecule has 3 nitrogen and oxygen atoms in total. The summed E-state index contributed by atoms with van der Waals surface area (Å²) in [6.07, 6.45) is 31.3. The monoisotopic (exact) mass is 581 g/mol. The Morgan fingerprint density at radius 3 is 2.83 bits per heavy atom. The molecule has 0 aliphatic heterocycles. The van der Waals surface area contributed by atoms with Gasteiger partial charge in [0.2, 0.25) is 0 Å². The fourth-order valence-electron chi connectivity index (χ4n) is 4.70. The van der Waals surface area contributed by atoms with Gasteiger partial charge in [-0.15, -0.1) is 5.73 Å². The molecule has 0 aromatic rings. The molecular weight excluding hydrogens is 541 g/mol. The Hall–Kier alpha value is -2.11. The molecule has 186 valence electrons. The average Bonchev–Trinajstić information content (AvgIpc) is 3.16. The second-order valence-electron chi connectivity index (χ2n) is 9.53. The number of hydrazine groups is 1. The summed E-state index contributed by atoms with van der Waals surface area (Å²) in [6, 6.07) is 0.0770. The van der Waals surface area contributed by atoms with Crippen molar-refractivity contribution in [2.75, 3.05) is 6.54 Å². The number of hydrogen-bond donors (Lipinski definition) is 3. The van der Waals surface area contributed by atoms with Crippen molar-refractivity contribution < 1.29 is 0 Å². The smallest absolute Gasteiger partial charge is 0.0690 e. The summed E-state index contributed by atoms with van der Waals surface area (Å²) >= 11 is 2.17. The minimum Gasteiger partial charge on any atom is -0.325 e. The van der Waals surface area contributed by atoms with E-state index in [0.717, 1.165) is 43.5 Å². The first-order valence-electron chi connectivity index (χ1n) is 12.8. The third kappa shape index (κ3) is 8.50. The van der Waals surface area contributed by atoms with Gasteiger partial charge in [-0.1, -0.05) is 68.2 Å². The van der Waals surface area contributed by atoms with Crippen molar-refractivity contribution in [3.05, 3.63) is 113 Å². The number of nitrogens with one attached hydrogen (secondary N) is 3. The third-order valence-corrected chi connectivity index (χ3v) is 7.30. The summed E-state index contributed by atoms with van der Waals surface area (Å²) in [5.41, 5.74) is 16.2. The lowest BCUT2D eigenvalue weighted by atomic mass is 9.80. The standard InChI is InChI=1S/C31H40IN3/c1-5-26(12-10-11-19-33-32)22-25(4)34-35-31-21-23(2)30(20-24(31)3)29-17-15-28(16-18-29)27-13-8-6-7-9-14-27/h6,8-11,13,15,17-18,20-22,26-28,31,33-35H,3,5,12,14,16,19H2,1-2,4H3/b11-10-,25-22+. The molecule has 3 rings (SSSR count). The van der Waals surface area contributed by atoms with Crippen molar-refractivity contribution in [1.29, 1.82) is 0 Å². The van der Waals surface area contributed by atoms with Gasteiger partial charge in [0.05, 0.1) is 6.04 Å². The second-order valence-corrected chi connectivity index (χ2v) is 10.3. The molecular formula is C31H40IN3. The van der Waals surface area contributed by atoms with Crippen molar-refractivity contribution in [3.63, 3.8) is 0 Å². The van der Waals surface area contributed by atoms with Crippen LogP contribution in [0.5, 0.6) is 0 Å². The molecule has 0 aromatic carbocycles. The van der Waals surface area contributed by atoms with Crippen molar-refractivity contribution in [2.45, 2.75) is 52.5 Å². The predicted octanol–water partition coefficient (Wildman–Crippen LogP) is 7.50. The van der Waals surface area contributed by atoms with E-state index in [4.69, 9.17) is 0 Å². The van der Waals surface area contributed by atoms with Crippen LogP contribution in [0, 0.1) is 17.8 Å². The van der Waals surface area contributed by atoms with Crippen LogP contribution >= 0.6 is 22.9 Å². The highest BCUT2D eigenvalue weighted by Gasteiger charge is 2.22. The molecule has 4 unspecified atom stereocenters. The Kier molecular flexibility index (Phi) is 11.3. The molecule has 3 aliphatic carbocycles. The average molecular weight is 582 g/mol. The molecule has 4 heteroatoms. The SMILES string of the molecule is C=C1C=C(C2=CCC(C3C=CC=C=CC3)C=C2)C(C)=CC1NN/C(C)=C/C(CC)C/C=C\CNI. The molecule has 0 aromatic heterocycles. The van der Waals surface area contributed by atoms with Gasteiger partial charge >= 0.3 is 0 Å². The number of rotatable bonds is 11. The molecule has 0 bridgehead atoms. The molecule has 0 saturated carbocycles. The molecule has 0 amide bonds. The van der Waals surface area contributed by atoms with E-state index in [9.17, 15) is 0 Å². The number of allylic oxidation sites excluding steroid dienone is 12. The fourth-order valence-corrected chi connectivity index (χ4v) is 4.95. The Morgan fingerprint density at radius 1 is 1.26 bits per heavy atom. The van der Waals surface area contributed by atoms with Crippen LogP contribution in [0.3, 0.4) is 0 Å². The zero-order chi connectivity index (χ0) is 25.0. The normalized spacial score (nSPS) is 25.4. The van der Waals surface area contributed by atoms with Gasteiger partial charge in [0.15, 0.2) is 0 Å². The van der Waals surface area contributed by atoms with Gasteiger partial charge in [0.1, 0.15) is 0 Å². The number of halogens is 1. The van der Waals surface area contributed by atoms with Gasteiger partial charge in [-0.25, -0.2) is 5.43 Å².